The molecule has 1 N–H and O–H groups in total. The third kappa shape index (κ3) is 3.48. The van der Waals surface area contributed by atoms with Crippen LogP contribution in [0, 0.1) is 11.3 Å². The number of halogens is 6. The SMILES string of the molecule is CC1OC(=O)N(c2ccc(C#N)c(C(F)(F)F)c2)C1[C@@H](O)C(F)(F)F. The Bertz CT molecular complexity index is 725. The van der Waals surface area contributed by atoms with Crippen molar-refractivity contribution in [2.24, 2.45) is 0 Å². The fourth-order valence-corrected chi connectivity index (χ4v) is 2.50. The van der Waals surface area contributed by atoms with Crippen LogP contribution in [0.1, 0.15) is 18.1 Å². The van der Waals surface area contributed by atoms with Crippen LogP contribution in [-0.4, -0.2) is 35.6 Å². The molecule has 2 unspecified atom stereocenters. The van der Waals surface area contributed by atoms with Gasteiger partial charge in [-0.25, -0.2) is 4.79 Å². The maximum atomic E-state index is 13.0. The highest BCUT2D eigenvalue weighted by molar-refractivity contribution is 5.91. The Morgan fingerprint density at radius 3 is 2.36 bits per heavy atom. The average molecular weight is 368 g/mol. The van der Waals surface area contributed by atoms with Crippen LogP contribution >= 0.6 is 0 Å². The molecule has 136 valence electrons. The normalized spacial score (nSPS) is 22.5. The van der Waals surface area contributed by atoms with E-state index in [4.69, 9.17) is 5.26 Å². The first-order valence-electron chi connectivity index (χ1n) is 6.74. The second-order valence-corrected chi connectivity index (χ2v) is 5.28. The lowest BCUT2D eigenvalue weighted by molar-refractivity contribution is -0.212. The van der Waals surface area contributed by atoms with Gasteiger partial charge in [0.25, 0.3) is 0 Å². The Morgan fingerprint density at radius 2 is 1.88 bits per heavy atom. The molecule has 0 bridgehead atoms. The van der Waals surface area contributed by atoms with Gasteiger partial charge in [-0.3, -0.25) is 4.90 Å². The zero-order valence-electron chi connectivity index (χ0n) is 12.4. The number of aliphatic hydroxyl groups excluding tert-OH is 1. The standard InChI is InChI=1S/C14H10F6N2O3/c1-6-10(11(23)14(18,19)20)22(12(24)25-6)8-3-2-7(5-21)9(4-8)13(15,16)17/h2-4,6,10-11,23H,1H3/t6?,10?,11-/m1/s1. The van der Waals surface area contributed by atoms with Crippen LogP contribution in [-0.2, 0) is 10.9 Å². The molecular formula is C14H10F6N2O3. The van der Waals surface area contributed by atoms with Crippen LogP contribution < -0.4 is 4.90 Å². The number of cyclic esters (lactones) is 1. The topological polar surface area (TPSA) is 73.6 Å². The zero-order chi connectivity index (χ0) is 19.2. The van der Waals surface area contributed by atoms with Gasteiger partial charge in [-0.2, -0.15) is 31.6 Å². The lowest BCUT2D eigenvalue weighted by atomic mass is 10.0. The van der Waals surface area contributed by atoms with E-state index < -0.39 is 53.5 Å². The summed E-state index contributed by atoms with van der Waals surface area (Å²) in [5, 5.41) is 18.2. The summed E-state index contributed by atoms with van der Waals surface area (Å²) in [7, 11) is 0. The molecule has 1 amide bonds. The Hall–Kier alpha value is -2.48. The summed E-state index contributed by atoms with van der Waals surface area (Å²) in [6.07, 6.45) is -15.9. The number of nitriles is 1. The van der Waals surface area contributed by atoms with Gasteiger partial charge in [0.2, 0.25) is 0 Å². The van der Waals surface area contributed by atoms with E-state index in [0.29, 0.717) is 11.0 Å². The van der Waals surface area contributed by atoms with E-state index in [1.165, 1.54) is 6.07 Å². The van der Waals surface area contributed by atoms with Crippen molar-refractivity contribution in [1.29, 1.82) is 5.26 Å². The first kappa shape index (κ1) is 18.9. The number of hydrogen-bond donors (Lipinski definition) is 1. The molecule has 1 aliphatic heterocycles. The number of ether oxygens (including phenoxy) is 1. The number of amides is 1. The number of carbonyl (C=O) groups excluding carboxylic acids is 1. The fourth-order valence-electron chi connectivity index (χ4n) is 2.50. The molecule has 3 atom stereocenters. The minimum Gasteiger partial charge on any atom is -0.444 e. The maximum Gasteiger partial charge on any atom is 0.417 e. The monoisotopic (exact) mass is 368 g/mol. The summed E-state index contributed by atoms with van der Waals surface area (Å²) in [4.78, 5) is 12.1. The molecule has 1 aliphatic rings. The van der Waals surface area contributed by atoms with Crippen molar-refractivity contribution in [3.05, 3.63) is 29.3 Å². The number of aliphatic hydroxyl groups is 1. The van der Waals surface area contributed by atoms with Crippen LogP contribution in [0.5, 0.6) is 0 Å². The highest BCUT2D eigenvalue weighted by Crippen LogP contribution is 2.38. The average Bonchev–Trinajstić information content (AvgIpc) is 2.78. The summed E-state index contributed by atoms with van der Waals surface area (Å²) in [5.74, 6) is 0. The number of benzene rings is 1. The molecule has 1 saturated heterocycles. The second-order valence-electron chi connectivity index (χ2n) is 5.28. The number of hydrogen-bond acceptors (Lipinski definition) is 4. The molecule has 0 aliphatic carbocycles. The molecule has 11 heteroatoms. The molecule has 25 heavy (non-hydrogen) atoms. The molecule has 5 nitrogen and oxygen atoms in total. The van der Waals surface area contributed by atoms with Crippen LogP contribution in [0.2, 0.25) is 0 Å². The van der Waals surface area contributed by atoms with Crippen LogP contribution in [0.15, 0.2) is 18.2 Å². The molecular weight excluding hydrogens is 358 g/mol. The lowest BCUT2D eigenvalue weighted by Crippen LogP contribution is -2.51. The van der Waals surface area contributed by atoms with Crippen molar-refractivity contribution in [2.45, 2.75) is 37.5 Å². The first-order valence-corrected chi connectivity index (χ1v) is 6.74. The molecule has 0 radical (unpaired) electrons. The minimum atomic E-state index is -5.12. The maximum absolute atomic E-state index is 13.0. The van der Waals surface area contributed by atoms with Crippen molar-refractivity contribution in [3.63, 3.8) is 0 Å². The second kappa shape index (κ2) is 6.11. The van der Waals surface area contributed by atoms with E-state index >= 15 is 0 Å². The van der Waals surface area contributed by atoms with E-state index in [0.717, 1.165) is 19.1 Å². The van der Waals surface area contributed by atoms with Crippen LogP contribution in [0.3, 0.4) is 0 Å². The van der Waals surface area contributed by atoms with Crippen LogP contribution in [0.25, 0.3) is 0 Å². The van der Waals surface area contributed by atoms with Gasteiger partial charge in [0.1, 0.15) is 12.1 Å². The largest absolute Gasteiger partial charge is 0.444 e. The van der Waals surface area contributed by atoms with Gasteiger partial charge in [0.15, 0.2) is 6.10 Å². The molecule has 2 rings (SSSR count). The van der Waals surface area contributed by atoms with Gasteiger partial charge in [0, 0.05) is 5.69 Å². The smallest absolute Gasteiger partial charge is 0.417 e. The van der Waals surface area contributed by atoms with E-state index in [-0.39, 0.29) is 0 Å². The highest BCUT2D eigenvalue weighted by Gasteiger charge is 2.54. The van der Waals surface area contributed by atoms with Gasteiger partial charge in [-0.1, -0.05) is 0 Å². The van der Waals surface area contributed by atoms with Crippen molar-refractivity contribution in [1.82, 2.24) is 0 Å². The zero-order valence-corrected chi connectivity index (χ0v) is 12.4. The van der Waals surface area contributed by atoms with Gasteiger partial charge in [-0.15, -0.1) is 0 Å². The Kier molecular flexibility index (Phi) is 4.61. The number of rotatable bonds is 2. The summed E-state index contributed by atoms with van der Waals surface area (Å²) in [5.41, 5.74) is -2.75. The Labute approximate surface area is 137 Å². The van der Waals surface area contributed by atoms with Gasteiger partial charge >= 0.3 is 18.4 Å². The van der Waals surface area contributed by atoms with Gasteiger partial charge < -0.3 is 9.84 Å². The van der Waals surface area contributed by atoms with Crippen molar-refractivity contribution < 1.29 is 41.0 Å². The van der Waals surface area contributed by atoms with E-state index in [9.17, 15) is 36.2 Å². The molecule has 0 saturated carbocycles. The predicted octanol–water partition coefficient (Wildman–Crippen LogP) is 3.21. The molecule has 0 spiro atoms. The molecule has 1 heterocycles. The molecule has 1 aromatic rings. The number of alkyl halides is 6. The quantitative estimate of drug-likeness (QED) is 0.814. The summed E-state index contributed by atoms with van der Waals surface area (Å²) < 4.78 is 82.1. The molecule has 1 aromatic carbocycles. The first-order chi connectivity index (χ1) is 11.4. The fraction of sp³-hybridized carbons (Fsp3) is 0.429. The summed E-state index contributed by atoms with van der Waals surface area (Å²) in [6, 6.07) is 1.32. The number of carbonyl (C=O) groups is 1. The third-order valence-corrected chi connectivity index (χ3v) is 3.63. The predicted molar refractivity (Wildman–Crippen MR) is 70.4 cm³/mol. The van der Waals surface area contributed by atoms with Gasteiger partial charge in [0.05, 0.1) is 17.2 Å². The van der Waals surface area contributed by atoms with Crippen LogP contribution in [0.4, 0.5) is 36.8 Å². The van der Waals surface area contributed by atoms with Crippen molar-refractivity contribution >= 4 is 11.8 Å². The number of nitrogens with zero attached hydrogens (tertiary/aromatic N) is 2. The number of anilines is 1. The third-order valence-electron chi connectivity index (χ3n) is 3.63. The van der Waals surface area contributed by atoms with Crippen molar-refractivity contribution in [3.8, 4) is 6.07 Å². The van der Waals surface area contributed by atoms with Gasteiger partial charge in [-0.05, 0) is 25.1 Å². The Balaban J connectivity index is 2.55. The highest BCUT2D eigenvalue weighted by atomic mass is 19.4. The minimum absolute atomic E-state index is 0.305. The van der Waals surface area contributed by atoms with Crippen molar-refractivity contribution in [2.75, 3.05) is 4.90 Å². The van der Waals surface area contributed by atoms with E-state index in [1.807, 2.05) is 0 Å². The van der Waals surface area contributed by atoms with E-state index in [1.54, 1.807) is 0 Å². The van der Waals surface area contributed by atoms with E-state index in [2.05, 4.69) is 4.74 Å². The molecule has 1 fully saturated rings. The lowest BCUT2D eigenvalue weighted by Gasteiger charge is -2.29. The summed E-state index contributed by atoms with van der Waals surface area (Å²) >= 11 is 0. The Morgan fingerprint density at radius 1 is 1.28 bits per heavy atom. The summed E-state index contributed by atoms with van der Waals surface area (Å²) in [6.45, 7) is 1.08. The molecule has 0 aromatic heterocycles.